The number of nitrogens with one attached hydrogen (secondary N) is 2. The highest BCUT2D eigenvalue weighted by Gasteiger charge is 2.20. The normalized spacial score (nSPS) is 13.3. The van der Waals surface area contributed by atoms with Crippen molar-refractivity contribution in [3.05, 3.63) is 93.9 Å². The molecule has 2 atom stereocenters. The summed E-state index contributed by atoms with van der Waals surface area (Å²) in [7, 11) is 0. The van der Waals surface area contributed by atoms with Gasteiger partial charge in [0.1, 0.15) is 5.82 Å². The number of halogens is 1. The van der Waals surface area contributed by atoms with Crippen molar-refractivity contribution in [1.29, 1.82) is 0 Å². The van der Waals surface area contributed by atoms with E-state index in [1.807, 2.05) is 47.8 Å². The second-order valence-corrected chi connectivity index (χ2v) is 8.06. The van der Waals surface area contributed by atoms with Gasteiger partial charge in [-0.1, -0.05) is 62.4 Å². The Hall–Kier alpha value is -2.50. The molecule has 0 aliphatic carbocycles. The van der Waals surface area contributed by atoms with Crippen LogP contribution >= 0.6 is 11.3 Å². The Morgan fingerprint density at radius 3 is 2.29 bits per heavy atom. The Balaban J connectivity index is 1.68. The van der Waals surface area contributed by atoms with E-state index >= 15 is 0 Å². The van der Waals surface area contributed by atoms with Crippen molar-refractivity contribution in [3.63, 3.8) is 0 Å². The van der Waals surface area contributed by atoms with Gasteiger partial charge < -0.3 is 10.6 Å². The Morgan fingerprint density at radius 2 is 1.68 bits per heavy atom. The van der Waals surface area contributed by atoms with Crippen LogP contribution in [0.2, 0.25) is 0 Å². The van der Waals surface area contributed by atoms with Crippen LogP contribution in [0.1, 0.15) is 41.9 Å². The molecule has 1 aromatic heterocycles. The van der Waals surface area contributed by atoms with E-state index in [4.69, 9.17) is 0 Å². The van der Waals surface area contributed by atoms with Crippen molar-refractivity contribution in [2.24, 2.45) is 5.92 Å². The molecule has 146 valence electrons. The van der Waals surface area contributed by atoms with Crippen LogP contribution in [0.4, 0.5) is 4.39 Å². The van der Waals surface area contributed by atoms with Crippen LogP contribution in [0.15, 0.2) is 72.1 Å². The lowest BCUT2D eigenvalue weighted by Gasteiger charge is -2.24. The van der Waals surface area contributed by atoms with Gasteiger partial charge in [-0.2, -0.15) is 0 Å². The van der Waals surface area contributed by atoms with Gasteiger partial charge in [0.25, 0.3) is 0 Å². The van der Waals surface area contributed by atoms with Crippen LogP contribution in [0.25, 0.3) is 0 Å². The third-order valence-corrected chi connectivity index (χ3v) is 5.58. The summed E-state index contributed by atoms with van der Waals surface area (Å²) in [4.78, 5) is 13.8. The Labute approximate surface area is 169 Å². The summed E-state index contributed by atoms with van der Waals surface area (Å²) >= 11 is 1.62. The average molecular weight is 397 g/mol. The number of thiophene rings is 1. The van der Waals surface area contributed by atoms with Crippen molar-refractivity contribution in [3.8, 4) is 0 Å². The molecule has 0 saturated carbocycles. The molecule has 0 unspecified atom stereocenters. The van der Waals surface area contributed by atoms with E-state index in [1.165, 1.54) is 12.1 Å². The highest BCUT2D eigenvalue weighted by molar-refractivity contribution is 7.10. The first-order valence-corrected chi connectivity index (χ1v) is 10.3. The van der Waals surface area contributed by atoms with Gasteiger partial charge in [-0.15, -0.1) is 11.3 Å². The first kappa shape index (κ1) is 20.2. The SMILES string of the molecule is CC(C)[C@@H](NCC(=O)N[C@@H](c1ccccc1)c1cccs1)c1ccc(F)cc1. The van der Waals surface area contributed by atoms with Crippen LogP contribution < -0.4 is 10.6 Å². The number of carbonyl (C=O) groups is 1. The van der Waals surface area contributed by atoms with Gasteiger partial charge in [0.2, 0.25) is 5.91 Å². The standard InChI is InChI=1S/C23H25FN2OS/c1-16(2)22(18-10-12-19(24)13-11-18)25-15-21(27)26-23(20-9-6-14-28-20)17-7-4-3-5-8-17/h3-14,16,22-23,25H,15H2,1-2H3,(H,26,27)/t22-,23+/m1/s1. The van der Waals surface area contributed by atoms with Crippen LogP contribution in [0, 0.1) is 11.7 Å². The Bertz CT molecular complexity index is 863. The predicted octanol–water partition coefficient (Wildman–Crippen LogP) is 5.08. The zero-order chi connectivity index (χ0) is 19.9. The van der Waals surface area contributed by atoms with Gasteiger partial charge in [-0.05, 0) is 40.6 Å². The molecule has 0 aliphatic heterocycles. The van der Waals surface area contributed by atoms with Gasteiger partial charge in [-0.25, -0.2) is 4.39 Å². The monoisotopic (exact) mass is 396 g/mol. The zero-order valence-electron chi connectivity index (χ0n) is 16.1. The molecule has 0 aliphatic rings. The molecule has 3 nitrogen and oxygen atoms in total. The zero-order valence-corrected chi connectivity index (χ0v) is 16.9. The molecule has 0 saturated heterocycles. The smallest absolute Gasteiger partial charge is 0.234 e. The Morgan fingerprint density at radius 1 is 0.964 bits per heavy atom. The largest absolute Gasteiger partial charge is 0.343 e. The van der Waals surface area contributed by atoms with Gasteiger partial charge in [0, 0.05) is 10.9 Å². The van der Waals surface area contributed by atoms with Crippen LogP contribution in [0.3, 0.4) is 0 Å². The topological polar surface area (TPSA) is 41.1 Å². The predicted molar refractivity (Wildman–Crippen MR) is 113 cm³/mol. The highest BCUT2D eigenvalue weighted by Crippen LogP contribution is 2.26. The minimum atomic E-state index is -0.259. The molecule has 0 bridgehead atoms. The molecule has 0 spiro atoms. The minimum Gasteiger partial charge on any atom is -0.343 e. The first-order chi connectivity index (χ1) is 13.5. The molecule has 28 heavy (non-hydrogen) atoms. The van der Waals surface area contributed by atoms with E-state index in [0.29, 0.717) is 0 Å². The molecule has 2 aromatic carbocycles. The van der Waals surface area contributed by atoms with Crippen molar-refractivity contribution >= 4 is 17.2 Å². The lowest BCUT2D eigenvalue weighted by Crippen LogP contribution is -2.39. The molecule has 0 radical (unpaired) electrons. The van der Waals surface area contributed by atoms with Crippen molar-refractivity contribution in [2.45, 2.75) is 25.9 Å². The van der Waals surface area contributed by atoms with Crippen LogP contribution in [0.5, 0.6) is 0 Å². The fraction of sp³-hybridized carbons (Fsp3) is 0.261. The molecule has 3 aromatic rings. The van der Waals surface area contributed by atoms with Crippen LogP contribution in [-0.2, 0) is 4.79 Å². The number of benzene rings is 2. The second kappa shape index (κ2) is 9.62. The first-order valence-electron chi connectivity index (χ1n) is 9.41. The average Bonchev–Trinajstić information content (AvgIpc) is 3.22. The number of carbonyl (C=O) groups excluding carboxylic acids is 1. The number of amides is 1. The maximum Gasteiger partial charge on any atom is 0.234 e. The quantitative estimate of drug-likeness (QED) is 0.557. The van der Waals surface area contributed by atoms with E-state index in [2.05, 4.69) is 24.5 Å². The van der Waals surface area contributed by atoms with E-state index in [1.54, 1.807) is 23.5 Å². The third kappa shape index (κ3) is 5.27. The fourth-order valence-electron chi connectivity index (χ4n) is 3.24. The van der Waals surface area contributed by atoms with E-state index in [-0.39, 0.29) is 36.3 Å². The van der Waals surface area contributed by atoms with E-state index in [0.717, 1.165) is 16.0 Å². The summed E-state index contributed by atoms with van der Waals surface area (Å²) in [5, 5.41) is 8.48. The summed E-state index contributed by atoms with van der Waals surface area (Å²) in [6, 6.07) is 20.2. The van der Waals surface area contributed by atoms with Crippen molar-refractivity contribution < 1.29 is 9.18 Å². The number of hydrogen-bond acceptors (Lipinski definition) is 3. The molecule has 5 heteroatoms. The van der Waals surface area contributed by atoms with Crippen molar-refractivity contribution in [1.82, 2.24) is 10.6 Å². The van der Waals surface area contributed by atoms with Crippen molar-refractivity contribution in [2.75, 3.05) is 6.54 Å². The summed E-state index contributed by atoms with van der Waals surface area (Å²) in [5.74, 6) is -0.0684. The molecule has 3 rings (SSSR count). The molecule has 2 N–H and O–H groups in total. The van der Waals surface area contributed by atoms with Gasteiger partial charge in [0.05, 0.1) is 12.6 Å². The maximum absolute atomic E-state index is 13.2. The maximum atomic E-state index is 13.2. The molecule has 0 fully saturated rings. The summed E-state index contributed by atoms with van der Waals surface area (Å²) in [6.07, 6.45) is 0. The molecule has 1 heterocycles. The summed E-state index contributed by atoms with van der Waals surface area (Å²) in [6.45, 7) is 4.35. The fourth-order valence-corrected chi connectivity index (χ4v) is 4.05. The lowest BCUT2D eigenvalue weighted by atomic mass is 9.96. The van der Waals surface area contributed by atoms with Gasteiger partial charge in [0.15, 0.2) is 0 Å². The van der Waals surface area contributed by atoms with Crippen LogP contribution in [-0.4, -0.2) is 12.5 Å². The molecular formula is C23H25FN2OS. The lowest BCUT2D eigenvalue weighted by molar-refractivity contribution is -0.120. The van der Waals surface area contributed by atoms with E-state index in [9.17, 15) is 9.18 Å². The molecule has 1 amide bonds. The summed E-state index contributed by atoms with van der Waals surface area (Å²) in [5.41, 5.74) is 2.03. The number of rotatable bonds is 8. The third-order valence-electron chi connectivity index (χ3n) is 4.64. The second-order valence-electron chi connectivity index (χ2n) is 7.08. The summed E-state index contributed by atoms with van der Waals surface area (Å²) < 4.78 is 13.2. The minimum absolute atomic E-state index is 0.0248. The number of hydrogen-bond donors (Lipinski definition) is 2. The highest BCUT2D eigenvalue weighted by atomic mass is 32.1. The van der Waals surface area contributed by atoms with E-state index < -0.39 is 0 Å². The molecular weight excluding hydrogens is 371 g/mol. The Kier molecular flexibility index (Phi) is 6.95. The van der Waals surface area contributed by atoms with Gasteiger partial charge >= 0.3 is 0 Å². The van der Waals surface area contributed by atoms with Gasteiger partial charge in [-0.3, -0.25) is 4.79 Å².